The molecule has 0 spiro atoms. The summed E-state index contributed by atoms with van der Waals surface area (Å²) in [6.07, 6.45) is 0.615. The third-order valence-corrected chi connectivity index (χ3v) is 6.78. The second-order valence-corrected chi connectivity index (χ2v) is 9.21. The summed E-state index contributed by atoms with van der Waals surface area (Å²) in [6, 6.07) is 7.46. The summed E-state index contributed by atoms with van der Waals surface area (Å²) in [4.78, 5) is 11.1. The number of benzene rings is 1. The summed E-state index contributed by atoms with van der Waals surface area (Å²) in [6.45, 7) is 6.49. The quantitative estimate of drug-likeness (QED) is 0.836. The van der Waals surface area contributed by atoms with Crippen LogP contribution in [0.25, 0.3) is 0 Å². The number of hydrogen-bond acceptors (Lipinski definition) is 6. The maximum absolute atomic E-state index is 11.8. The molecular formula is C18H23ClN4O2S. The summed E-state index contributed by atoms with van der Waals surface area (Å²) < 4.78 is 23.7. The minimum absolute atomic E-state index is 0.0763. The Morgan fingerprint density at radius 1 is 1.31 bits per heavy atom. The molecule has 8 heteroatoms. The van der Waals surface area contributed by atoms with Crippen molar-refractivity contribution in [2.24, 2.45) is 0 Å². The molecule has 1 aromatic heterocycles. The highest BCUT2D eigenvalue weighted by molar-refractivity contribution is 7.91. The van der Waals surface area contributed by atoms with Crippen LogP contribution >= 0.6 is 11.6 Å². The number of rotatable bonds is 5. The van der Waals surface area contributed by atoms with Crippen LogP contribution in [0.1, 0.15) is 24.6 Å². The number of hydrogen-bond donors (Lipinski definition) is 1. The Morgan fingerprint density at radius 2 is 2.08 bits per heavy atom. The van der Waals surface area contributed by atoms with Crippen LogP contribution in [0.4, 0.5) is 17.5 Å². The minimum atomic E-state index is -2.97. The summed E-state index contributed by atoms with van der Waals surface area (Å²) in [5.74, 6) is 1.61. The molecule has 1 aromatic carbocycles. The van der Waals surface area contributed by atoms with E-state index >= 15 is 0 Å². The molecule has 6 nitrogen and oxygen atoms in total. The Hall–Kier alpha value is -1.86. The SMILES string of the molecule is CCN(c1nc(C)cc(Nc2cccc(Cl)c2C)n1)C1CCS(=O)(=O)C1. The third kappa shape index (κ3) is 4.10. The van der Waals surface area contributed by atoms with Crippen molar-refractivity contribution >= 4 is 38.9 Å². The zero-order chi connectivity index (χ0) is 18.9. The lowest BCUT2D eigenvalue weighted by Gasteiger charge is -2.27. The second-order valence-electron chi connectivity index (χ2n) is 6.57. The first-order valence-corrected chi connectivity index (χ1v) is 10.8. The molecular weight excluding hydrogens is 372 g/mol. The number of nitrogens with one attached hydrogen (secondary N) is 1. The van der Waals surface area contributed by atoms with Crippen LogP contribution in [-0.4, -0.2) is 42.5 Å². The van der Waals surface area contributed by atoms with E-state index in [-0.39, 0.29) is 17.5 Å². The maximum atomic E-state index is 11.8. The normalized spacial score (nSPS) is 18.7. The van der Waals surface area contributed by atoms with Crippen LogP contribution in [0.5, 0.6) is 0 Å². The molecule has 1 aliphatic rings. The lowest BCUT2D eigenvalue weighted by Crippen LogP contribution is -2.37. The van der Waals surface area contributed by atoms with E-state index in [1.54, 1.807) is 0 Å². The molecule has 1 aliphatic heterocycles. The van der Waals surface area contributed by atoms with Gasteiger partial charge < -0.3 is 10.2 Å². The Morgan fingerprint density at radius 3 is 2.73 bits per heavy atom. The van der Waals surface area contributed by atoms with Crippen molar-refractivity contribution in [1.82, 2.24) is 9.97 Å². The van der Waals surface area contributed by atoms with Gasteiger partial charge in [0, 0.05) is 35.1 Å². The molecule has 0 amide bonds. The van der Waals surface area contributed by atoms with Crippen molar-refractivity contribution in [2.45, 2.75) is 33.2 Å². The van der Waals surface area contributed by atoms with Crippen molar-refractivity contribution in [3.8, 4) is 0 Å². The minimum Gasteiger partial charge on any atom is -0.340 e. The molecule has 1 N–H and O–H groups in total. The summed E-state index contributed by atoms with van der Waals surface area (Å²) in [5, 5.41) is 3.99. The zero-order valence-electron chi connectivity index (χ0n) is 15.2. The Kier molecular flexibility index (Phi) is 5.39. The highest BCUT2D eigenvalue weighted by atomic mass is 35.5. The van der Waals surface area contributed by atoms with E-state index in [9.17, 15) is 8.42 Å². The highest BCUT2D eigenvalue weighted by Gasteiger charge is 2.33. The molecule has 1 atom stereocenters. The molecule has 140 valence electrons. The second kappa shape index (κ2) is 7.40. The van der Waals surface area contributed by atoms with Crippen molar-refractivity contribution in [1.29, 1.82) is 0 Å². The number of aromatic nitrogens is 2. The van der Waals surface area contributed by atoms with E-state index < -0.39 is 9.84 Å². The van der Waals surface area contributed by atoms with E-state index in [2.05, 4.69) is 15.3 Å². The van der Waals surface area contributed by atoms with E-state index in [1.165, 1.54) is 0 Å². The Bertz CT molecular complexity index is 917. The van der Waals surface area contributed by atoms with Crippen LogP contribution in [0.3, 0.4) is 0 Å². The van der Waals surface area contributed by atoms with Gasteiger partial charge >= 0.3 is 0 Å². The fourth-order valence-corrected chi connectivity index (χ4v) is 5.12. The van der Waals surface area contributed by atoms with Crippen molar-refractivity contribution in [3.05, 3.63) is 40.5 Å². The molecule has 1 fully saturated rings. The monoisotopic (exact) mass is 394 g/mol. The standard InChI is InChI=1S/C18H23ClN4O2S/c1-4-23(14-8-9-26(24,25)11-14)18-20-12(2)10-17(22-18)21-16-7-5-6-15(19)13(16)3/h5-7,10,14H,4,8-9,11H2,1-3H3,(H,20,21,22). The van der Waals surface area contributed by atoms with Crippen molar-refractivity contribution in [2.75, 3.05) is 28.3 Å². The lowest BCUT2D eigenvalue weighted by atomic mass is 10.2. The molecule has 0 aliphatic carbocycles. The van der Waals surface area contributed by atoms with Crippen LogP contribution in [0.15, 0.2) is 24.3 Å². The van der Waals surface area contributed by atoms with Gasteiger partial charge in [0.15, 0.2) is 9.84 Å². The molecule has 2 heterocycles. The average molecular weight is 395 g/mol. The van der Waals surface area contributed by atoms with E-state index in [1.807, 2.05) is 49.9 Å². The van der Waals surface area contributed by atoms with Gasteiger partial charge in [0.1, 0.15) is 5.82 Å². The molecule has 1 saturated heterocycles. The van der Waals surface area contributed by atoms with Crippen LogP contribution in [0.2, 0.25) is 5.02 Å². The van der Waals surface area contributed by atoms with E-state index in [0.29, 0.717) is 29.8 Å². The predicted molar refractivity (Wildman–Crippen MR) is 106 cm³/mol. The largest absolute Gasteiger partial charge is 0.340 e. The Labute approximate surface area is 159 Å². The average Bonchev–Trinajstić information content (AvgIpc) is 2.92. The Balaban J connectivity index is 1.90. The number of nitrogens with zero attached hydrogens (tertiary/aromatic N) is 3. The van der Waals surface area contributed by atoms with Crippen LogP contribution in [-0.2, 0) is 9.84 Å². The first-order chi connectivity index (χ1) is 12.3. The van der Waals surface area contributed by atoms with Gasteiger partial charge in [0.2, 0.25) is 5.95 Å². The molecule has 1 unspecified atom stereocenters. The van der Waals surface area contributed by atoms with Crippen LogP contribution in [0, 0.1) is 13.8 Å². The van der Waals surface area contributed by atoms with Gasteiger partial charge in [-0.25, -0.2) is 13.4 Å². The maximum Gasteiger partial charge on any atom is 0.227 e. The van der Waals surface area contributed by atoms with Gasteiger partial charge in [-0.3, -0.25) is 0 Å². The van der Waals surface area contributed by atoms with Gasteiger partial charge in [-0.1, -0.05) is 17.7 Å². The topological polar surface area (TPSA) is 75.2 Å². The fraction of sp³-hybridized carbons (Fsp3) is 0.444. The zero-order valence-corrected chi connectivity index (χ0v) is 16.7. The van der Waals surface area contributed by atoms with Gasteiger partial charge in [-0.15, -0.1) is 0 Å². The van der Waals surface area contributed by atoms with Crippen molar-refractivity contribution < 1.29 is 8.42 Å². The molecule has 26 heavy (non-hydrogen) atoms. The first kappa shape index (κ1) is 18.9. The predicted octanol–water partition coefficient (Wildman–Crippen LogP) is 3.50. The van der Waals surface area contributed by atoms with E-state index in [4.69, 9.17) is 11.6 Å². The van der Waals surface area contributed by atoms with Gasteiger partial charge in [0.25, 0.3) is 0 Å². The van der Waals surface area contributed by atoms with Gasteiger partial charge in [-0.05, 0) is 44.9 Å². The summed E-state index contributed by atoms with van der Waals surface area (Å²) >= 11 is 6.19. The first-order valence-electron chi connectivity index (χ1n) is 8.64. The number of halogens is 1. The smallest absolute Gasteiger partial charge is 0.227 e. The molecule has 3 rings (SSSR count). The summed E-state index contributed by atoms with van der Waals surface area (Å²) in [7, 11) is -2.97. The number of sulfone groups is 1. The molecule has 0 bridgehead atoms. The molecule has 0 saturated carbocycles. The van der Waals surface area contributed by atoms with E-state index in [0.717, 1.165) is 16.9 Å². The fourth-order valence-electron chi connectivity index (χ4n) is 3.21. The van der Waals surface area contributed by atoms with Gasteiger partial charge in [0.05, 0.1) is 11.5 Å². The van der Waals surface area contributed by atoms with Crippen LogP contribution < -0.4 is 10.2 Å². The number of anilines is 3. The third-order valence-electron chi connectivity index (χ3n) is 4.62. The number of aryl methyl sites for hydroxylation is 1. The molecule has 2 aromatic rings. The lowest BCUT2D eigenvalue weighted by molar-refractivity contribution is 0.599. The van der Waals surface area contributed by atoms with Gasteiger partial charge in [-0.2, -0.15) is 4.98 Å². The molecule has 0 radical (unpaired) electrons. The summed E-state index contributed by atoms with van der Waals surface area (Å²) in [5.41, 5.74) is 2.64. The van der Waals surface area contributed by atoms with Crippen molar-refractivity contribution in [3.63, 3.8) is 0 Å². The highest BCUT2D eigenvalue weighted by Crippen LogP contribution is 2.27.